The first-order valence-corrected chi connectivity index (χ1v) is 8.85. The summed E-state index contributed by atoms with van der Waals surface area (Å²) in [6.07, 6.45) is 2.00. The minimum absolute atomic E-state index is 0.0495. The molecule has 3 aromatic rings. The molecule has 0 aliphatic carbocycles. The molecule has 1 heterocycles. The van der Waals surface area contributed by atoms with Crippen molar-refractivity contribution in [2.45, 2.75) is 6.42 Å². The van der Waals surface area contributed by atoms with Gasteiger partial charge in [-0.2, -0.15) is 5.26 Å². The highest BCUT2D eigenvalue weighted by molar-refractivity contribution is 6.01. The van der Waals surface area contributed by atoms with E-state index in [1.54, 1.807) is 24.3 Å². The lowest BCUT2D eigenvalue weighted by Gasteiger charge is -2.04. The van der Waals surface area contributed by atoms with E-state index in [0.717, 1.165) is 5.56 Å². The van der Waals surface area contributed by atoms with E-state index in [0.29, 0.717) is 30.0 Å². The van der Waals surface area contributed by atoms with Crippen LogP contribution in [0.1, 0.15) is 11.3 Å². The maximum Gasteiger partial charge on any atom is 0.270 e. The number of hydrogen-bond acceptors (Lipinski definition) is 5. The maximum absolute atomic E-state index is 12.2. The molecule has 0 bridgehead atoms. The first-order valence-electron chi connectivity index (χ1n) is 8.85. The number of nitrogens with zero attached hydrogens (tertiary/aromatic N) is 2. The normalized spacial score (nSPS) is 10.9. The van der Waals surface area contributed by atoms with Gasteiger partial charge in [-0.05, 0) is 24.1 Å². The fourth-order valence-corrected chi connectivity index (χ4v) is 2.71. The molecule has 0 atom stereocenters. The van der Waals surface area contributed by atoms with Gasteiger partial charge in [0.1, 0.15) is 23.2 Å². The number of non-ortho nitro benzene ring substituents is 1. The second-order valence-corrected chi connectivity index (χ2v) is 6.17. The van der Waals surface area contributed by atoms with Gasteiger partial charge in [0.25, 0.3) is 11.6 Å². The van der Waals surface area contributed by atoms with Crippen LogP contribution in [0.15, 0.2) is 76.7 Å². The molecule has 7 nitrogen and oxygen atoms in total. The summed E-state index contributed by atoms with van der Waals surface area (Å²) in [4.78, 5) is 22.7. The summed E-state index contributed by atoms with van der Waals surface area (Å²) in [5, 5.41) is 22.9. The van der Waals surface area contributed by atoms with Crippen molar-refractivity contribution in [1.82, 2.24) is 5.32 Å². The average Bonchev–Trinajstić information content (AvgIpc) is 3.21. The summed E-state index contributed by atoms with van der Waals surface area (Å²) in [7, 11) is 0. The molecule has 1 aromatic heterocycles. The van der Waals surface area contributed by atoms with Crippen molar-refractivity contribution in [1.29, 1.82) is 5.26 Å². The Balaban J connectivity index is 1.68. The predicted octanol–water partition coefficient (Wildman–Crippen LogP) is 4.12. The van der Waals surface area contributed by atoms with Gasteiger partial charge >= 0.3 is 0 Å². The Kier molecular flexibility index (Phi) is 6.18. The molecule has 2 aromatic carbocycles. The van der Waals surface area contributed by atoms with Gasteiger partial charge in [0, 0.05) is 30.3 Å². The van der Waals surface area contributed by atoms with E-state index in [9.17, 15) is 20.2 Å². The quantitative estimate of drug-likeness (QED) is 0.284. The molecule has 0 fully saturated rings. The van der Waals surface area contributed by atoms with Crippen LogP contribution in [0.5, 0.6) is 0 Å². The summed E-state index contributed by atoms with van der Waals surface area (Å²) in [6, 6.07) is 20.8. The van der Waals surface area contributed by atoms with E-state index in [1.165, 1.54) is 18.2 Å². The Morgan fingerprint density at radius 2 is 1.93 bits per heavy atom. The van der Waals surface area contributed by atoms with Gasteiger partial charge < -0.3 is 9.73 Å². The number of nitro groups is 1. The number of carbonyl (C=O) groups is 1. The Morgan fingerprint density at radius 3 is 2.66 bits per heavy atom. The minimum atomic E-state index is -0.489. The number of furan rings is 1. The molecule has 0 saturated carbocycles. The summed E-state index contributed by atoms with van der Waals surface area (Å²) in [5.41, 5.74) is 1.48. The van der Waals surface area contributed by atoms with E-state index in [-0.39, 0.29) is 11.3 Å². The molecule has 7 heteroatoms. The number of nitrogens with one attached hydrogen (secondary N) is 1. The van der Waals surface area contributed by atoms with E-state index in [4.69, 9.17) is 4.42 Å². The van der Waals surface area contributed by atoms with Crippen LogP contribution in [0.2, 0.25) is 0 Å². The molecule has 0 unspecified atom stereocenters. The zero-order chi connectivity index (χ0) is 20.6. The molecule has 29 heavy (non-hydrogen) atoms. The van der Waals surface area contributed by atoms with Gasteiger partial charge in [0.2, 0.25) is 0 Å². The molecular weight excluding hydrogens is 370 g/mol. The number of rotatable bonds is 7. The van der Waals surface area contributed by atoms with Crippen LogP contribution >= 0.6 is 0 Å². The predicted molar refractivity (Wildman–Crippen MR) is 108 cm³/mol. The van der Waals surface area contributed by atoms with Gasteiger partial charge in [0.15, 0.2) is 0 Å². The van der Waals surface area contributed by atoms with Crippen molar-refractivity contribution in [3.8, 4) is 17.4 Å². The van der Waals surface area contributed by atoms with Crippen LogP contribution in [-0.2, 0) is 11.2 Å². The van der Waals surface area contributed by atoms with Gasteiger partial charge in [-0.3, -0.25) is 14.9 Å². The number of nitro benzene ring substituents is 1. The van der Waals surface area contributed by atoms with Crippen LogP contribution in [0, 0.1) is 21.4 Å². The zero-order valence-corrected chi connectivity index (χ0v) is 15.4. The fraction of sp³-hybridized carbons (Fsp3) is 0.0909. The topological polar surface area (TPSA) is 109 Å². The van der Waals surface area contributed by atoms with Gasteiger partial charge in [-0.25, -0.2) is 0 Å². The zero-order valence-electron chi connectivity index (χ0n) is 15.4. The SMILES string of the molecule is N#C/C(=C/c1ccc(-c2cccc([N+](=O)[O-])c2)o1)C(=O)NCCc1ccccc1. The first kappa shape index (κ1) is 19.6. The Hall–Kier alpha value is -4.18. The molecular formula is C22H17N3O4. The van der Waals surface area contributed by atoms with Crippen LogP contribution < -0.4 is 5.32 Å². The summed E-state index contributed by atoms with van der Waals surface area (Å²) in [5.74, 6) is 0.222. The van der Waals surface area contributed by atoms with Gasteiger partial charge in [-0.15, -0.1) is 0 Å². The lowest BCUT2D eigenvalue weighted by Crippen LogP contribution is -2.26. The van der Waals surface area contributed by atoms with Crippen molar-refractivity contribution < 1.29 is 14.1 Å². The molecule has 0 aliphatic heterocycles. The summed E-state index contributed by atoms with van der Waals surface area (Å²) >= 11 is 0. The van der Waals surface area contributed by atoms with Crippen molar-refractivity contribution in [2.75, 3.05) is 6.54 Å². The van der Waals surface area contributed by atoms with Crippen LogP contribution in [0.25, 0.3) is 17.4 Å². The van der Waals surface area contributed by atoms with Crippen LogP contribution in [0.4, 0.5) is 5.69 Å². The van der Waals surface area contributed by atoms with Crippen LogP contribution in [0.3, 0.4) is 0 Å². The van der Waals surface area contributed by atoms with E-state index < -0.39 is 10.8 Å². The third kappa shape index (κ3) is 5.17. The second-order valence-electron chi connectivity index (χ2n) is 6.17. The largest absolute Gasteiger partial charge is 0.457 e. The third-order valence-corrected chi connectivity index (χ3v) is 4.16. The lowest BCUT2D eigenvalue weighted by atomic mass is 10.1. The molecule has 1 amide bonds. The number of amides is 1. The Bertz CT molecular complexity index is 1090. The molecule has 3 rings (SSSR count). The second kappa shape index (κ2) is 9.15. The van der Waals surface area contributed by atoms with Gasteiger partial charge in [0.05, 0.1) is 4.92 Å². The molecule has 1 N–H and O–H groups in total. The highest BCUT2D eigenvalue weighted by atomic mass is 16.6. The smallest absolute Gasteiger partial charge is 0.270 e. The highest BCUT2D eigenvalue weighted by Crippen LogP contribution is 2.26. The highest BCUT2D eigenvalue weighted by Gasteiger charge is 2.12. The molecule has 0 radical (unpaired) electrons. The fourth-order valence-electron chi connectivity index (χ4n) is 2.71. The molecule has 0 aliphatic rings. The Morgan fingerprint density at radius 1 is 1.14 bits per heavy atom. The van der Waals surface area contributed by atoms with Crippen molar-refractivity contribution >= 4 is 17.7 Å². The average molecular weight is 387 g/mol. The molecule has 0 spiro atoms. The van der Waals surface area contributed by atoms with E-state index in [1.807, 2.05) is 36.4 Å². The maximum atomic E-state index is 12.2. The Labute approximate surface area is 167 Å². The van der Waals surface area contributed by atoms with Crippen LogP contribution in [-0.4, -0.2) is 17.4 Å². The van der Waals surface area contributed by atoms with Crippen molar-refractivity contribution in [2.24, 2.45) is 0 Å². The van der Waals surface area contributed by atoms with Gasteiger partial charge in [-0.1, -0.05) is 42.5 Å². The number of benzene rings is 2. The van der Waals surface area contributed by atoms with E-state index >= 15 is 0 Å². The molecule has 0 saturated heterocycles. The summed E-state index contributed by atoms with van der Waals surface area (Å²) < 4.78 is 5.63. The monoisotopic (exact) mass is 387 g/mol. The lowest BCUT2D eigenvalue weighted by molar-refractivity contribution is -0.384. The minimum Gasteiger partial charge on any atom is -0.457 e. The number of hydrogen-bond donors (Lipinski definition) is 1. The number of nitriles is 1. The third-order valence-electron chi connectivity index (χ3n) is 4.16. The van der Waals surface area contributed by atoms with E-state index in [2.05, 4.69) is 5.32 Å². The standard InChI is InChI=1S/C22H17N3O4/c23-15-18(22(26)24-12-11-16-5-2-1-3-6-16)14-20-9-10-21(29-20)17-7-4-8-19(13-17)25(27)28/h1-10,13-14H,11-12H2,(H,24,26)/b18-14-. The van der Waals surface area contributed by atoms with Crippen molar-refractivity contribution in [3.05, 3.63) is 93.7 Å². The first-order chi connectivity index (χ1) is 14.1. The number of carbonyl (C=O) groups excluding carboxylic acids is 1. The van der Waals surface area contributed by atoms with Crippen molar-refractivity contribution in [3.63, 3.8) is 0 Å². The molecule has 144 valence electrons. The summed E-state index contributed by atoms with van der Waals surface area (Å²) in [6.45, 7) is 0.402.